The zero-order valence-corrected chi connectivity index (χ0v) is 11.6. The molecular formula is C12H18N2O3S. The Hall–Kier alpha value is -1.43. The summed E-state index contributed by atoms with van der Waals surface area (Å²) in [5.74, 6) is 0.490. The normalized spacial score (nSPS) is 11.9. The number of methoxy groups -OCH3 is 1. The minimum absolute atomic E-state index is 0.0474. The number of thioether (sulfide) groups is 1. The Kier molecular flexibility index (Phi) is 5.77. The second kappa shape index (κ2) is 7.10. The molecule has 0 bridgehead atoms. The van der Waals surface area contributed by atoms with Crippen LogP contribution in [0.15, 0.2) is 18.2 Å². The van der Waals surface area contributed by atoms with E-state index < -0.39 is 4.92 Å². The van der Waals surface area contributed by atoms with Gasteiger partial charge in [-0.1, -0.05) is 6.92 Å². The van der Waals surface area contributed by atoms with E-state index in [1.165, 1.54) is 13.2 Å². The first-order chi connectivity index (χ1) is 8.58. The van der Waals surface area contributed by atoms with Crippen molar-refractivity contribution in [2.24, 2.45) is 0 Å². The molecule has 1 atom stereocenters. The fourth-order valence-electron chi connectivity index (χ4n) is 1.47. The van der Waals surface area contributed by atoms with Gasteiger partial charge in [-0.3, -0.25) is 10.1 Å². The Labute approximate surface area is 111 Å². The topological polar surface area (TPSA) is 64.4 Å². The van der Waals surface area contributed by atoms with Crippen LogP contribution in [0.5, 0.6) is 5.75 Å². The summed E-state index contributed by atoms with van der Waals surface area (Å²) in [6.07, 6.45) is 3.02. The summed E-state index contributed by atoms with van der Waals surface area (Å²) in [6.45, 7) is 2.85. The van der Waals surface area contributed by atoms with Gasteiger partial charge in [-0.05, 0) is 24.8 Å². The number of rotatable bonds is 7. The lowest BCUT2D eigenvalue weighted by Gasteiger charge is -2.11. The highest BCUT2D eigenvalue weighted by Crippen LogP contribution is 2.29. The van der Waals surface area contributed by atoms with Gasteiger partial charge in [-0.15, -0.1) is 0 Å². The van der Waals surface area contributed by atoms with E-state index in [2.05, 4.69) is 18.5 Å². The molecule has 0 aliphatic carbocycles. The Balaban J connectivity index is 2.72. The molecule has 0 spiro atoms. The predicted molar refractivity (Wildman–Crippen MR) is 75.7 cm³/mol. The smallest absolute Gasteiger partial charge is 0.296 e. The maximum atomic E-state index is 10.9. The van der Waals surface area contributed by atoms with Crippen molar-refractivity contribution in [2.45, 2.75) is 18.6 Å². The van der Waals surface area contributed by atoms with Gasteiger partial charge in [0.15, 0.2) is 0 Å². The van der Waals surface area contributed by atoms with Crippen molar-refractivity contribution in [3.8, 4) is 5.75 Å². The molecule has 0 aliphatic rings. The minimum atomic E-state index is -0.400. The van der Waals surface area contributed by atoms with Crippen molar-refractivity contribution in [1.82, 2.24) is 0 Å². The van der Waals surface area contributed by atoms with Crippen LogP contribution in [0.3, 0.4) is 0 Å². The SMILES string of the molecule is COc1ccc(NCCC(C)SC)c([N+](=O)[O-])c1. The first-order valence-electron chi connectivity index (χ1n) is 5.67. The van der Waals surface area contributed by atoms with Gasteiger partial charge in [-0.25, -0.2) is 0 Å². The standard InChI is InChI=1S/C12H18N2O3S/c1-9(18-3)6-7-13-11-5-4-10(17-2)8-12(11)14(15)16/h4-5,8-9,13H,6-7H2,1-3H3. The average Bonchev–Trinajstić information content (AvgIpc) is 2.38. The highest BCUT2D eigenvalue weighted by Gasteiger charge is 2.14. The lowest BCUT2D eigenvalue weighted by molar-refractivity contribution is -0.384. The third-order valence-electron chi connectivity index (χ3n) is 2.67. The van der Waals surface area contributed by atoms with Crippen LogP contribution < -0.4 is 10.1 Å². The Morgan fingerprint density at radius 1 is 1.56 bits per heavy atom. The predicted octanol–water partition coefficient (Wildman–Crippen LogP) is 3.16. The molecule has 5 nitrogen and oxygen atoms in total. The fourth-order valence-corrected chi connectivity index (χ4v) is 1.82. The number of nitro benzene ring substituents is 1. The summed E-state index contributed by atoms with van der Waals surface area (Å²) < 4.78 is 4.98. The molecule has 0 aliphatic heterocycles. The third-order valence-corrected chi connectivity index (χ3v) is 3.71. The average molecular weight is 270 g/mol. The molecule has 0 heterocycles. The first kappa shape index (κ1) is 14.6. The summed E-state index contributed by atoms with van der Waals surface area (Å²) in [6, 6.07) is 4.83. The molecule has 1 N–H and O–H groups in total. The van der Waals surface area contributed by atoms with Crippen LogP contribution in [-0.4, -0.2) is 30.1 Å². The zero-order valence-electron chi connectivity index (χ0n) is 10.8. The van der Waals surface area contributed by atoms with Gasteiger partial charge in [-0.2, -0.15) is 11.8 Å². The van der Waals surface area contributed by atoms with Crippen molar-refractivity contribution >= 4 is 23.1 Å². The van der Waals surface area contributed by atoms with Gasteiger partial charge >= 0.3 is 0 Å². The number of anilines is 1. The molecule has 1 aromatic carbocycles. The van der Waals surface area contributed by atoms with Crippen molar-refractivity contribution in [2.75, 3.05) is 25.2 Å². The molecule has 0 saturated carbocycles. The Bertz CT molecular complexity index is 412. The molecule has 18 heavy (non-hydrogen) atoms. The lowest BCUT2D eigenvalue weighted by atomic mass is 10.2. The monoisotopic (exact) mass is 270 g/mol. The fraction of sp³-hybridized carbons (Fsp3) is 0.500. The number of ether oxygens (including phenoxy) is 1. The largest absolute Gasteiger partial charge is 0.496 e. The van der Waals surface area contributed by atoms with E-state index in [9.17, 15) is 10.1 Å². The maximum Gasteiger partial charge on any atom is 0.296 e. The molecule has 1 rings (SSSR count). The minimum Gasteiger partial charge on any atom is -0.496 e. The van der Waals surface area contributed by atoms with E-state index in [-0.39, 0.29) is 5.69 Å². The molecule has 1 unspecified atom stereocenters. The van der Waals surface area contributed by atoms with Crippen LogP contribution in [0.1, 0.15) is 13.3 Å². The molecule has 0 radical (unpaired) electrons. The zero-order chi connectivity index (χ0) is 13.5. The van der Waals surface area contributed by atoms with Crippen LogP contribution in [0.4, 0.5) is 11.4 Å². The molecule has 6 heteroatoms. The summed E-state index contributed by atoms with van der Waals surface area (Å²) in [5, 5.41) is 14.6. The lowest BCUT2D eigenvalue weighted by Crippen LogP contribution is -2.09. The van der Waals surface area contributed by atoms with Gasteiger partial charge in [0.25, 0.3) is 5.69 Å². The van der Waals surface area contributed by atoms with Gasteiger partial charge in [0.2, 0.25) is 0 Å². The molecular weight excluding hydrogens is 252 g/mol. The van der Waals surface area contributed by atoms with E-state index in [1.807, 2.05) is 0 Å². The molecule has 0 saturated heterocycles. The summed E-state index contributed by atoms with van der Waals surface area (Å²) in [7, 11) is 1.49. The van der Waals surface area contributed by atoms with E-state index in [4.69, 9.17) is 4.74 Å². The number of hydrogen-bond donors (Lipinski definition) is 1. The van der Waals surface area contributed by atoms with Crippen molar-refractivity contribution in [3.63, 3.8) is 0 Å². The first-order valence-corrected chi connectivity index (χ1v) is 6.96. The highest BCUT2D eigenvalue weighted by atomic mass is 32.2. The maximum absolute atomic E-state index is 10.9. The van der Waals surface area contributed by atoms with Crippen LogP contribution in [-0.2, 0) is 0 Å². The number of nitrogens with one attached hydrogen (secondary N) is 1. The molecule has 0 amide bonds. The summed E-state index contributed by atoms with van der Waals surface area (Å²) in [4.78, 5) is 10.5. The molecule has 100 valence electrons. The summed E-state index contributed by atoms with van der Waals surface area (Å²) in [5.41, 5.74) is 0.584. The quantitative estimate of drug-likeness (QED) is 0.609. The van der Waals surface area contributed by atoms with E-state index in [0.29, 0.717) is 16.7 Å². The van der Waals surface area contributed by atoms with Crippen molar-refractivity contribution in [3.05, 3.63) is 28.3 Å². The van der Waals surface area contributed by atoms with E-state index >= 15 is 0 Å². The van der Waals surface area contributed by atoms with Crippen LogP contribution in [0.25, 0.3) is 0 Å². The summed E-state index contributed by atoms with van der Waals surface area (Å²) >= 11 is 1.78. The van der Waals surface area contributed by atoms with Crippen LogP contribution >= 0.6 is 11.8 Å². The number of benzene rings is 1. The molecule has 0 aromatic heterocycles. The van der Waals surface area contributed by atoms with Gasteiger partial charge in [0.1, 0.15) is 11.4 Å². The number of nitrogens with zero attached hydrogens (tertiary/aromatic N) is 1. The van der Waals surface area contributed by atoms with Crippen molar-refractivity contribution < 1.29 is 9.66 Å². The van der Waals surface area contributed by atoms with Crippen molar-refractivity contribution in [1.29, 1.82) is 0 Å². The van der Waals surface area contributed by atoms with Gasteiger partial charge < -0.3 is 10.1 Å². The molecule has 1 aromatic rings. The Morgan fingerprint density at radius 3 is 2.83 bits per heavy atom. The van der Waals surface area contributed by atoms with Gasteiger partial charge in [0, 0.05) is 11.8 Å². The van der Waals surface area contributed by atoms with Gasteiger partial charge in [0.05, 0.1) is 18.1 Å². The van der Waals surface area contributed by atoms with E-state index in [0.717, 1.165) is 13.0 Å². The second-order valence-corrected chi connectivity index (χ2v) is 5.18. The number of hydrogen-bond acceptors (Lipinski definition) is 5. The second-order valence-electron chi connectivity index (χ2n) is 3.90. The Morgan fingerprint density at radius 2 is 2.28 bits per heavy atom. The van der Waals surface area contributed by atoms with Crippen LogP contribution in [0, 0.1) is 10.1 Å². The van der Waals surface area contributed by atoms with E-state index in [1.54, 1.807) is 23.9 Å². The third kappa shape index (κ3) is 4.10. The van der Waals surface area contributed by atoms with Crippen LogP contribution in [0.2, 0.25) is 0 Å². The number of nitro groups is 1. The highest BCUT2D eigenvalue weighted by molar-refractivity contribution is 7.99. The molecule has 0 fully saturated rings.